The highest BCUT2D eigenvalue weighted by Gasteiger charge is 2.45. The average molecular weight is 626 g/mol. The number of aliphatic hydroxyl groups is 2. The number of imidazole rings is 1. The van der Waals surface area contributed by atoms with Gasteiger partial charge in [0.25, 0.3) is 0 Å². The molecule has 5 atom stereocenters. The summed E-state index contributed by atoms with van der Waals surface area (Å²) in [6.07, 6.45) is 6.56. The van der Waals surface area contributed by atoms with Gasteiger partial charge in [0.1, 0.15) is 41.8 Å². The standard InChI is InChI=1S/C30H39N7O8/c1-4-43-27(40)20-12-16(6-9-36-10-8-32-29(36)37-15-33-23-25(37)34-28(31)35-26(23)39)22-19(44-20)14-18-17(24(22)42-3)13-21(45-18)30(2,41)7-5-11-38/h6,8,10,12,14,21,23,25,28,33-34,38,41H,4-5,7,9,11,13,15,31H2,1-3H3,(H,35,39). The van der Waals surface area contributed by atoms with Gasteiger partial charge in [-0.1, -0.05) is 6.08 Å². The van der Waals surface area contributed by atoms with Gasteiger partial charge in [-0.25, -0.2) is 9.78 Å². The number of carbonyl (C=O) groups is 2. The first-order valence-electron chi connectivity index (χ1n) is 15.0. The number of nitrogens with two attached hydrogens (primary N) is 1. The fourth-order valence-corrected chi connectivity index (χ4v) is 6.25. The number of allylic oxidation sites excluding steroid dienone is 3. The summed E-state index contributed by atoms with van der Waals surface area (Å²) >= 11 is 0. The smallest absolute Gasteiger partial charge is 0.374 e. The molecule has 0 saturated carbocycles. The van der Waals surface area contributed by atoms with Gasteiger partial charge in [0.05, 0.1) is 31.5 Å². The summed E-state index contributed by atoms with van der Waals surface area (Å²) in [7, 11) is 1.55. The second-order valence-electron chi connectivity index (χ2n) is 11.5. The molecule has 1 amide bonds. The van der Waals surface area contributed by atoms with Crippen LogP contribution in [-0.4, -0.2) is 88.8 Å². The van der Waals surface area contributed by atoms with Crippen LogP contribution < -0.4 is 40.8 Å². The molecule has 5 unspecified atom stereocenters. The molecule has 2 aromatic rings. The van der Waals surface area contributed by atoms with Crippen molar-refractivity contribution in [1.29, 1.82) is 0 Å². The van der Waals surface area contributed by atoms with Crippen molar-refractivity contribution in [1.82, 2.24) is 25.5 Å². The summed E-state index contributed by atoms with van der Waals surface area (Å²) in [5, 5.41) is 29.5. The lowest BCUT2D eigenvalue weighted by Gasteiger charge is -2.35. The number of carbonyl (C=O) groups excluding carboxylic acids is 2. The van der Waals surface area contributed by atoms with Crippen LogP contribution in [0.1, 0.15) is 37.8 Å². The Morgan fingerprint density at radius 2 is 2.18 bits per heavy atom. The van der Waals surface area contributed by atoms with Crippen LogP contribution >= 0.6 is 0 Å². The summed E-state index contributed by atoms with van der Waals surface area (Å²) < 4.78 is 25.3. The minimum atomic E-state index is -1.19. The van der Waals surface area contributed by atoms with Crippen LogP contribution in [0.3, 0.4) is 0 Å². The Kier molecular flexibility index (Phi) is 8.45. The van der Waals surface area contributed by atoms with Crippen LogP contribution in [0.15, 0.2) is 36.4 Å². The van der Waals surface area contributed by atoms with Gasteiger partial charge in [-0.2, -0.15) is 0 Å². The number of esters is 1. The lowest BCUT2D eigenvalue weighted by atomic mass is 9.89. The summed E-state index contributed by atoms with van der Waals surface area (Å²) in [6.45, 7) is 4.27. The third-order valence-corrected chi connectivity index (χ3v) is 8.50. The average Bonchev–Trinajstić information content (AvgIpc) is 3.76. The van der Waals surface area contributed by atoms with E-state index in [2.05, 4.69) is 20.9 Å². The number of aliphatic hydroxyl groups excluding tert-OH is 1. The zero-order valence-electron chi connectivity index (χ0n) is 25.4. The van der Waals surface area contributed by atoms with Crippen molar-refractivity contribution >= 4 is 23.4 Å². The first-order chi connectivity index (χ1) is 21.6. The molecule has 4 aliphatic rings. The Morgan fingerprint density at radius 3 is 2.93 bits per heavy atom. The maximum Gasteiger partial charge on any atom is 0.374 e. The minimum absolute atomic E-state index is 0.00550. The molecule has 0 radical (unpaired) electrons. The number of nitrogens with one attached hydrogen (secondary N) is 3. The molecular weight excluding hydrogens is 586 g/mol. The number of rotatable bonds is 10. The van der Waals surface area contributed by atoms with E-state index in [-0.39, 0.29) is 24.9 Å². The monoisotopic (exact) mass is 625 g/mol. The molecule has 1 aromatic heterocycles. The number of amides is 1. The molecule has 2 saturated heterocycles. The van der Waals surface area contributed by atoms with Gasteiger partial charge in [0.15, 0.2) is 0 Å². The largest absolute Gasteiger partial charge is 0.496 e. The molecule has 45 heavy (non-hydrogen) atoms. The number of benzene rings is 1. The molecule has 0 spiro atoms. The third-order valence-electron chi connectivity index (χ3n) is 8.50. The molecule has 2 fully saturated rings. The Bertz CT molecular complexity index is 1540. The first-order valence-corrected chi connectivity index (χ1v) is 15.0. The zero-order valence-corrected chi connectivity index (χ0v) is 25.4. The molecule has 4 aliphatic heterocycles. The summed E-state index contributed by atoms with van der Waals surface area (Å²) in [4.78, 5) is 31.8. The second-order valence-corrected chi connectivity index (χ2v) is 11.5. The number of methoxy groups -OCH3 is 1. The Balaban J connectivity index is 1.35. The molecule has 15 heteroatoms. The Labute approximate surface area is 260 Å². The lowest BCUT2D eigenvalue weighted by molar-refractivity contribution is -0.141. The van der Waals surface area contributed by atoms with E-state index in [4.69, 9.17) is 24.7 Å². The van der Waals surface area contributed by atoms with Gasteiger partial charge in [-0.3, -0.25) is 21.2 Å². The number of nitrogens with zero attached hydrogens (tertiary/aromatic N) is 3. The molecular formula is C30H39N7O8. The molecule has 5 heterocycles. The molecule has 1 aromatic carbocycles. The van der Waals surface area contributed by atoms with E-state index < -0.39 is 36.2 Å². The van der Waals surface area contributed by atoms with Crippen LogP contribution in [0, 0.1) is 0 Å². The predicted molar refractivity (Wildman–Crippen MR) is 161 cm³/mol. The zero-order chi connectivity index (χ0) is 31.9. The van der Waals surface area contributed by atoms with E-state index in [0.717, 1.165) is 5.56 Å². The van der Waals surface area contributed by atoms with Crippen molar-refractivity contribution in [3.8, 4) is 17.2 Å². The van der Waals surface area contributed by atoms with E-state index in [1.165, 1.54) is 0 Å². The number of ether oxygens (including phenoxy) is 4. The highest BCUT2D eigenvalue weighted by Crippen LogP contribution is 2.50. The van der Waals surface area contributed by atoms with Gasteiger partial charge in [-0.05, 0) is 38.3 Å². The summed E-state index contributed by atoms with van der Waals surface area (Å²) in [5.74, 6) is 1.16. The van der Waals surface area contributed by atoms with Crippen LogP contribution in [0.4, 0.5) is 5.95 Å². The van der Waals surface area contributed by atoms with Crippen molar-refractivity contribution in [2.45, 2.75) is 69.9 Å². The molecule has 0 aliphatic carbocycles. The molecule has 242 valence electrons. The molecule has 6 rings (SSSR count). The number of fused-ring (bicyclic) bond motifs is 3. The van der Waals surface area contributed by atoms with Crippen molar-refractivity contribution in [2.24, 2.45) is 5.73 Å². The highest BCUT2D eigenvalue weighted by molar-refractivity contribution is 5.96. The summed E-state index contributed by atoms with van der Waals surface area (Å²) in [6, 6.07) is 1.21. The minimum Gasteiger partial charge on any atom is -0.496 e. The van der Waals surface area contributed by atoms with Gasteiger partial charge in [0, 0.05) is 43.6 Å². The fraction of sp³-hybridized carbons (Fsp3) is 0.500. The van der Waals surface area contributed by atoms with E-state index in [1.54, 1.807) is 39.3 Å². The Hall–Kier alpha value is -4.15. The number of anilines is 1. The van der Waals surface area contributed by atoms with Crippen LogP contribution in [0.5, 0.6) is 17.2 Å². The van der Waals surface area contributed by atoms with Crippen molar-refractivity contribution < 1.29 is 38.7 Å². The van der Waals surface area contributed by atoms with Gasteiger partial charge in [-0.15, -0.1) is 0 Å². The number of aromatic nitrogens is 2. The van der Waals surface area contributed by atoms with Gasteiger partial charge in [0.2, 0.25) is 17.6 Å². The fourth-order valence-electron chi connectivity index (χ4n) is 6.25. The third kappa shape index (κ3) is 5.73. The van der Waals surface area contributed by atoms with Crippen molar-refractivity contribution in [3.05, 3.63) is 47.5 Å². The van der Waals surface area contributed by atoms with Gasteiger partial charge < -0.3 is 43.9 Å². The molecule has 7 N–H and O–H groups in total. The summed E-state index contributed by atoms with van der Waals surface area (Å²) in [5.41, 5.74) is 6.84. The van der Waals surface area contributed by atoms with E-state index >= 15 is 0 Å². The first kappa shape index (κ1) is 30.9. The quantitative estimate of drug-likeness (QED) is 0.188. The van der Waals surface area contributed by atoms with E-state index in [0.29, 0.717) is 66.8 Å². The van der Waals surface area contributed by atoms with Crippen LogP contribution in [0.25, 0.3) is 5.57 Å². The number of hydrogen-bond donors (Lipinski definition) is 6. The van der Waals surface area contributed by atoms with Crippen molar-refractivity contribution in [2.75, 3.05) is 31.9 Å². The Morgan fingerprint density at radius 1 is 1.36 bits per heavy atom. The van der Waals surface area contributed by atoms with Crippen LogP contribution in [0.2, 0.25) is 0 Å². The van der Waals surface area contributed by atoms with Crippen LogP contribution in [-0.2, 0) is 27.3 Å². The maximum atomic E-state index is 12.8. The van der Waals surface area contributed by atoms with Gasteiger partial charge >= 0.3 is 5.97 Å². The van der Waals surface area contributed by atoms with Crippen molar-refractivity contribution in [3.63, 3.8) is 0 Å². The molecule has 0 bridgehead atoms. The topological polar surface area (TPSA) is 195 Å². The molecule has 15 nitrogen and oxygen atoms in total. The predicted octanol–water partition coefficient (Wildman–Crippen LogP) is -0.335. The maximum absolute atomic E-state index is 12.8. The SMILES string of the molecule is CCOC(=O)C1=CC(=CCn2ccnc2N2CNC3C(=O)NC(N)NC32)c2c(cc3c(c2OC)CC(C(C)(O)CCCO)O3)O1. The van der Waals surface area contributed by atoms with E-state index in [1.807, 2.05) is 21.7 Å². The normalized spacial score (nSPS) is 25.7. The second kappa shape index (κ2) is 12.3. The highest BCUT2D eigenvalue weighted by atomic mass is 16.6. The number of hydrogen-bond acceptors (Lipinski definition) is 13. The lowest BCUT2D eigenvalue weighted by Crippen LogP contribution is -2.70. The van der Waals surface area contributed by atoms with E-state index in [9.17, 15) is 19.8 Å².